The van der Waals surface area contributed by atoms with E-state index in [1.807, 2.05) is 0 Å². The van der Waals surface area contributed by atoms with E-state index in [-0.39, 0.29) is 0 Å². The summed E-state index contributed by atoms with van der Waals surface area (Å²) in [6.07, 6.45) is 6.13. The Labute approximate surface area is 92.4 Å². The summed E-state index contributed by atoms with van der Waals surface area (Å²) < 4.78 is 0. The van der Waals surface area contributed by atoms with Crippen LogP contribution >= 0.6 is 11.6 Å². The van der Waals surface area contributed by atoms with Crippen molar-refractivity contribution < 1.29 is 0 Å². The van der Waals surface area contributed by atoms with Gasteiger partial charge in [-0.25, -0.2) is 0 Å². The largest absolute Gasteiger partial charge is 0.126 e. The molecule has 3 rings (SSSR count). The van der Waals surface area contributed by atoms with Crippen LogP contribution in [0.25, 0.3) is 0 Å². The van der Waals surface area contributed by atoms with Gasteiger partial charge in [0.05, 0.1) is 0 Å². The zero-order chi connectivity index (χ0) is 9.92. The molecular formula is C13H21Cl. The molecule has 0 aliphatic heterocycles. The standard InChI is InChI=1S/C13H21Cl/c1-13(2)11(7-14)12(13)10-6-8-3-4-9(10)5-8/h8-12H,3-7H2,1-2H3. The minimum Gasteiger partial charge on any atom is -0.126 e. The van der Waals surface area contributed by atoms with Crippen LogP contribution in [0, 0.1) is 35.0 Å². The van der Waals surface area contributed by atoms with Crippen molar-refractivity contribution in [1.82, 2.24) is 0 Å². The van der Waals surface area contributed by atoms with Crippen molar-refractivity contribution in [1.29, 1.82) is 0 Å². The van der Waals surface area contributed by atoms with Crippen LogP contribution in [0.2, 0.25) is 0 Å². The Bertz CT molecular complexity index is 244. The predicted molar refractivity (Wildman–Crippen MR) is 60.4 cm³/mol. The van der Waals surface area contributed by atoms with Gasteiger partial charge in [-0.2, -0.15) is 0 Å². The van der Waals surface area contributed by atoms with Crippen molar-refractivity contribution >= 4 is 11.6 Å². The van der Waals surface area contributed by atoms with Gasteiger partial charge in [0.2, 0.25) is 0 Å². The molecule has 0 aromatic rings. The fourth-order valence-electron chi connectivity index (χ4n) is 4.67. The summed E-state index contributed by atoms with van der Waals surface area (Å²) in [5.41, 5.74) is 0.566. The van der Waals surface area contributed by atoms with Crippen molar-refractivity contribution in [2.45, 2.75) is 39.5 Å². The number of fused-ring (bicyclic) bond motifs is 2. The maximum Gasteiger partial charge on any atom is 0.0259 e. The fourth-order valence-corrected chi connectivity index (χ4v) is 5.25. The lowest BCUT2D eigenvalue weighted by molar-refractivity contribution is 0.266. The second-order valence-electron chi connectivity index (χ2n) is 6.45. The predicted octanol–water partition coefficient (Wildman–Crippen LogP) is 3.93. The SMILES string of the molecule is CC1(C)C(CCl)C1C1CC2CCC1C2. The first-order chi connectivity index (χ1) is 6.64. The third-order valence-electron chi connectivity index (χ3n) is 5.56. The van der Waals surface area contributed by atoms with Gasteiger partial charge in [-0.3, -0.25) is 0 Å². The monoisotopic (exact) mass is 212 g/mol. The van der Waals surface area contributed by atoms with Crippen LogP contribution < -0.4 is 0 Å². The van der Waals surface area contributed by atoms with Gasteiger partial charge in [-0.05, 0) is 54.3 Å². The maximum atomic E-state index is 6.06. The minimum atomic E-state index is 0.566. The summed E-state index contributed by atoms with van der Waals surface area (Å²) in [5.74, 6) is 5.91. The molecule has 0 aromatic carbocycles. The molecule has 2 bridgehead atoms. The van der Waals surface area contributed by atoms with E-state index in [1.54, 1.807) is 6.42 Å². The molecule has 0 amide bonds. The van der Waals surface area contributed by atoms with Gasteiger partial charge >= 0.3 is 0 Å². The van der Waals surface area contributed by atoms with E-state index >= 15 is 0 Å². The van der Waals surface area contributed by atoms with Crippen LogP contribution in [0.4, 0.5) is 0 Å². The number of hydrogen-bond acceptors (Lipinski definition) is 0. The Hall–Kier alpha value is 0.290. The smallest absolute Gasteiger partial charge is 0.0259 e. The molecule has 3 aliphatic carbocycles. The van der Waals surface area contributed by atoms with Crippen LogP contribution in [-0.2, 0) is 0 Å². The maximum absolute atomic E-state index is 6.06. The van der Waals surface area contributed by atoms with Gasteiger partial charge in [-0.15, -0.1) is 11.6 Å². The van der Waals surface area contributed by atoms with E-state index in [9.17, 15) is 0 Å². The van der Waals surface area contributed by atoms with Gasteiger partial charge in [0.1, 0.15) is 0 Å². The van der Waals surface area contributed by atoms with Gasteiger partial charge in [0.15, 0.2) is 0 Å². The molecule has 0 heterocycles. The quantitative estimate of drug-likeness (QED) is 0.609. The molecule has 5 unspecified atom stereocenters. The molecule has 0 spiro atoms. The highest BCUT2D eigenvalue weighted by molar-refractivity contribution is 6.18. The lowest BCUT2D eigenvalue weighted by atomic mass is 9.82. The first kappa shape index (κ1) is 9.51. The van der Waals surface area contributed by atoms with Gasteiger partial charge in [-0.1, -0.05) is 20.3 Å². The zero-order valence-electron chi connectivity index (χ0n) is 9.30. The Balaban J connectivity index is 1.73. The molecule has 3 aliphatic rings. The third kappa shape index (κ3) is 1.13. The van der Waals surface area contributed by atoms with Crippen LogP contribution in [0.15, 0.2) is 0 Å². The van der Waals surface area contributed by atoms with Gasteiger partial charge < -0.3 is 0 Å². The van der Waals surface area contributed by atoms with Crippen molar-refractivity contribution in [2.24, 2.45) is 35.0 Å². The van der Waals surface area contributed by atoms with Crippen LogP contribution in [0.1, 0.15) is 39.5 Å². The molecule has 14 heavy (non-hydrogen) atoms. The van der Waals surface area contributed by atoms with E-state index in [4.69, 9.17) is 11.6 Å². The molecular weight excluding hydrogens is 192 g/mol. The lowest BCUT2D eigenvalue weighted by Gasteiger charge is -2.23. The highest BCUT2D eigenvalue weighted by atomic mass is 35.5. The van der Waals surface area contributed by atoms with Gasteiger partial charge in [0, 0.05) is 5.88 Å². The Morgan fingerprint density at radius 3 is 2.43 bits per heavy atom. The summed E-state index contributed by atoms with van der Waals surface area (Å²) in [7, 11) is 0. The van der Waals surface area contributed by atoms with Crippen molar-refractivity contribution in [3.63, 3.8) is 0 Å². The topological polar surface area (TPSA) is 0 Å². The first-order valence-electron chi connectivity index (χ1n) is 6.20. The highest BCUT2D eigenvalue weighted by Crippen LogP contribution is 2.68. The van der Waals surface area contributed by atoms with Crippen molar-refractivity contribution in [2.75, 3.05) is 5.88 Å². The Morgan fingerprint density at radius 1 is 1.21 bits per heavy atom. The van der Waals surface area contributed by atoms with E-state index in [2.05, 4.69) is 13.8 Å². The van der Waals surface area contributed by atoms with Crippen LogP contribution in [0.5, 0.6) is 0 Å². The number of hydrogen-bond donors (Lipinski definition) is 0. The molecule has 5 atom stereocenters. The Kier molecular flexibility index (Phi) is 1.97. The molecule has 0 saturated heterocycles. The molecule has 3 fully saturated rings. The minimum absolute atomic E-state index is 0.566. The summed E-state index contributed by atoms with van der Waals surface area (Å²) in [5, 5.41) is 0. The summed E-state index contributed by atoms with van der Waals surface area (Å²) >= 11 is 6.06. The van der Waals surface area contributed by atoms with E-state index < -0.39 is 0 Å². The first-order valence-corrected chi connectivity index (χ1v) is 6.74. The van der Waals surface area contributed by atoms with Crippen molar-refractivity contribution in [3.05, 3.63) is 0 Å². The number of rotatable bonds is 2. The van der Waals surface area contributed by atoms with Gasteiger partial charge in [0.25, 0.3) is 0 Å². The number of halogens is 1. The van der Waals surface area contributed by atoms with E-state index in [1.165, 1.54) is 19.3 Å². The van der Waals surface area contributed by atoms with Crippen molar-refractivity contribution in [3.8, 4) is 0 Å². The average Bonchev–Trinajstić information content (AvgIpc) is 2.61. The molecule has 0 aromatic heterocycles. The normalized spacial score (nSPS) is 53.8. The second kappa shape index (κ2) is 2.90. The lowest BCUT2D eigenvalue weighted by Crippen LogP contribution is -2.15. The van der Waals surface area contributed by atoms with Crippen LogP contribution in [0.3, 0.4) is 0 Å². The summed E-state index contributed by atoms with van der Waals surface area (Å²) in [6.45, 7) is 4.85. The van der Waals surface area contributed by atoms with E-state index in [0.717, 1.165) is 35.5 Å². The Morgan fingerprint density at radius 2 is 2.00 bits per heavy atom. The molecule has 0 radical (unpaired) electrons. The summed E-state index contributed by atoms with van der Waals surface area (Å²) in [4.78, 5) is 0. The molecule has 0 nitrogen and oxygen atoms in total. The zero-order valence-corrected chi connectivity index (χ0v) is 10.1. The summed E-state index contributed by atoms with van der Waals surface area (Å²) in [6, 6.07) is 0. The molecule has 3 saturated carbocycles. The molecule has 1 heteroatoms. The highest BCUT2D eigenvalue weighted by Gasteiger charge is 2.63. The molecule has 80 valence electrons. The average molecular weight is 213 g/mol. The second-order valence-corrected chi connectivity index (χ2v) is 6.76. The molecule has 0 N–H and O–H groups in total. The fraction of sp³-hybridized carbons (Fsp3) is 1.00. The third-order valence-corrected chi connectivity index (χ3v) is 5.89. The number of alkyl halides is 1. The van der Waals surface area contributed by atoms with E-state index in [0.29, 0.717) is 5.41 Å². The van der Waals surface area contributed by atoms with Crippen LogP contribution in [-0.4, -0.2) is 5.88 Å².